The van der Waals surface area contributed by atoms with E-state index in [-0.39, 0.29) is 18.1 Å². The number of anilines is 1. The molecule has 7 nitrogen and oxygen atoms in total. The molecule has 0 radical (unpaired) electrons. The van der Waals surface area contributed by atoms with Crippen LogP contribution >= 0.6 is 0 Å². The fraction of sp³-hybridized carbons (Fsp3) is 0.389. The number of nitrogens with zero attached hydrogens (tertiary/aromatic N) is 1. The molecule has 3 heterocycles. The molecule has 2 fully saturated rings. The van der Waals surface area contributed by atoms with Crippen LogP contribution in [0.25, 0.3) is 0 Å². The van der Waals surface area contributed by atoms with Gasteiger partial charge in [-0.1, -0.05) is 12.2 Å². The van der Waals surface area contributed by atoms with Crippen molar-refractivity contribution in [3.8, 4) is 5.75 Å². The van der Waals surface area contributed by atoms with E-state index in [1.165, 1.54) is 20.1 Å². The quantitative estimate of drug-likeness (QED) is 0.491. The van der Waals surface area contributed by atoms with Crippen molar-refractivity contribution in [2.45, 2.75) is 18.6 Å². The Labute approximate surface area is 143 Å². The largest absolute Gasteiger partial charge is 0.495 e. The van der Waals surface area contributed by atoms with E-state index in [1.54, 1.807) is 24.3 Å². The Morgan fingerprint density at radius 3 is 2.76 bits per heavy atom. The number of imide groups is 1. The molecule has 0 unspecified atom stereocenters. The number of ketones is 1. The van der Waals surface area contributed by atoms with Crippen LogP contribution in [0.2, 0.25) is 0 Å². The first-order valence-corrected chi connectivity index (χ1v) is 7.98. The highest BCUT2D eigenvalue weighted by Gasteiger charge is 2.67. The second kappa shape index (κ2) is 5.24. The predicted octanol–water partition coefficient (Wildman–Crippen LogP) is 0.703. The number of carbonyl (C=O) groups is 3. The molecule has 25 heavy (non-hydrogen) atoms. The Bertz CT molecular complexity index is 831. The third kappa shape index (κ3) is 1.96. The number of rotatable bonds is 4. The van der Waals surface area contributed by atoms with Gasteiger partial charge in [0.15, 0.2) is 5.78 Å². The Hall–Kier alpha value is -2.51. The van der Waals surface area contributed by atoms with Crippen molar-refractivity contribution in [3.05, 3.63) is 35.9 Å². The van der Waals surface area contributed by atoms with Gasteiger partial charge in [-0.25, -0.2) is 4.90 Å². The first kappa shape index (κ1) is 16.0. The minimum absolute atomic E-state index is 0.180. The van der Waals surface area contributed by atoms with Gasteiger partial charge in [0.1, 0.15) is 11.4 Å². The van der Waals surface area contributed by atoms with Crippen LogP contribution < -0.4 is 9.64 Å². The summed E-state index contributed by atoms with van der Waals surface area (Å²) in [5, 5.41) is 9.74. The van der Waals surface area contributed by atoms with Gasteiger partial charge in [-0.3, -0.25) is 14.4 Å². The molecule has 130 valence electrons. The number of methoxy groups -OCH3 is 1. The highest BCUT2D eigenvalue weighted by molar-refractivity contribution is 6.24. The number of carbonyl (C=O) groups excluding carboxylic acids is 3. The van der Waals surface area contributed by atoms with Crippen LogP contribution in [0.4, 0.5) is 5.69 Å². The molecule has 3 aliphatic rings. The standard InChI is InChI=1S/C18H17NO6/c1-9(21)10-3-4-12(24-2)11(7-10)19-16(22)14-13-5-6-18(8-20,25-13)15(14)17(19)23/h3-7,13-15,20H,8H2,1-2H3/t13-,14-,15+,18-/m1/s1. The summed E-state index contributed by atoms with van der Waals surface area (Å²) in [6.45, 7) is 1.03. The summed E-state index contributed by atoms with van der Waals surface area (Å²) < 4.78 is 11.0. The van der Waals surface area contributed by atoms with E-state index < -0.39 is 35.4 Å². The normalized spacial score (nSPS) is 32.4. The van der Waals surface area contributed by atoms with E-state index in [0.717, 1.165) is 4.90 Å². The second-order valence-electron chi connectivity index (χ2n) is 6.51. The third-order valence-corrected chi connectivity index (χ3v) is 5.23. The Morgan fingerprint density at radius 1 is 1.36 bits per heavy atom. The molecule has 0 saturated carbocycles. The summed E-state index contributed by atoms with van der Waals surface area (Å²) in [5.41, 5.74) is -0.530. The molecule has 1 aromatic carbocycles. The lowest BCUT2D eigenvalue weighted by Crippen LogP contribution is -2.43. The highest BCUT2D eigenvalue weighted by Crippen LogP contribution is 2.53. The molecule has 0 aliphatic carbocycles. The summed E-state index contributed by atoms with van der Waals surface area (Å²) in [4.78, 5) is 38.8. The molecule has 2 saturated heterocycles. The van der Waals surface area contributed by atoms with E-state index >= 15 is 0 Å². The van der Waals surface area contributed by atoms with Crippen molar-refractivity contribution >= 4 is 23.3 Å². The van der Waals surface area contributed by atoms with Gasteiger partial charge in [0.2, 0.25) is 11.8 Å². The van der Waals surface area contributed by atoms with E-state index in [2.05, 4.69) is 0 Å². The highest BCUT2D eigenvalue weighted by atomic mass is 16.5. The van der Waals surface area contributed by atoms with Gasteiger partial charge in [0.25, 0.3) is 0 Å². The number of benzene rings is 1. The van der Waals surface area contributed by atoms with Gasteiger partial charge in [-0.2, -0.15) is 0 Å². The number of amides is 2. The topological polar surface area (TPSA) is 93.1 Å². The smallest absolute Gasteiger partial charge is 0.241 e. The van der Waals surface area contributed by atoms with Crippen molar-refractivity contribution in [2.75, 3.05) is 18.6 Å². The SMILES string of the molecule is COc1ccc(C(C)=O)cc1N1C(=O)[C@H]2[C@@H](C1=O)[C@]1(CO)C=C[C@H]2O1. The average molecular weight is 343 g/mol. The van der Waals surface area contributed by atoms with E-state index in [0.29, 0.717) is 11.3 Å². The zero-order valence-corrected chi connectivity index (χ0v) is 13.8. The summed E-state index contributed by atoms with van der Waals surface area (Å²) in [5.74, 6) is -2.15. The molecule has 7 heteroatoms. The summed E-state index contributed by atoms with van der Waals surface area (Å²) in [7, 11) is 1.43. The molecule has 4 atom stereocenters. The number of ether oxygens (including phenoxy) is 2. The zero-order valence-electron chi connectivity index (χ0n) is 13.8. The van der Waals surface area contributed by atoms with Gasteiger partial charge in [0, 0.05) is 5.56 Å². The van der Waals surface area contributed by atoms with Crippen LogP contribution in [-0.2, 0) is 14.3 Å². The van der Waals surface area contributed by atoms with Crippen LogP contribution in [-0.4, -0.2) is 48.1 Å². The molecule has 3 aliphatic heterocycles. The zero-order chi connectivity index (χ0) is 17.9. The monoisotopic (exact) mass is 343 g/mol. The molecule has 2 amide bonds. The summed E-state index contributed by atoms with van der Waals surface area (Å²) >= 11 is 0. The molecule has 0 aromatic heterocycles. The van der Waals surface area contributed by atoms with Crippen LogP contribution in [0.15, 0.2) is 30.4 Å². The minimum Gasteiger partial charge on any atom is -0.495 e. The van der Waals surface area contributed by atoms with Crippen LogP contribution in [0.5, 0.6) is 5.75 Å². The first-order chi connectivity index (χ1) is 11.9. The fourth-order valence-electron chi connectivity index (χ4n) is 4.01. The number of hydrogen-bond donors (Lipinski definition) is 1. The maximum absolute atomic E-state index is 13.0. The van der Waals surface area contributed by atoms with Gasteiger partial charge in [-0.15, -0.1) is 0 Å². The lowest BCUT2D eigenvalue weighted by atomic mass is 9.77. The van der Waals surface area contributed by atoms with Gasteiger partial charge < -0.3 is 14.6 Å². The number of Topliss-reactive ketones (excluding diaryl/α,β-unsaturated/α-hetero) is 1. The predicted molar refractivity (Wildman–Crippen MR) is 86.3 cm³/mol. The Balaban J connectivity index is 1.81. The summed E-state index contributed by atoms with van der Waals surface area (Å²) in [6, 6.07) is 4.63. The number of hydrogen-bond acceptors (Lipinski definition) is 6. The number of fused-ring (bicyclic) bond motifs is 5. The average Bonchev–Trinajstić information content (AvgIpc) is 3.25. The van der Waals surface area contributed by atoms with Gasteiger partial charge in [0.05, 0.1) is 37.3 Å². The first-order valence-electron chi connectivity index (χ1n) is 7.98. The van der Waals surface area contributed by atoms with Crippen molar-refractivity contribution in [1.82, 2.24) is 0 Å². The van der Waals surface area contributed by atoms with Crippen LogP contribution in [0, 0.1) is 11.8 Å². The minimum atomic E-state index is -1.15. The fourth-order valence-corrected chi connectivity index (χ4v) is 4.01. The molecule has 2 bridgehead atoms. The van der Waals surface area contributed by atoms with Gasteiger partial charge >= 0.3 is 0 Å². The maximum Gasteiger partial charge on any atom is 0.241 e. The van der Waals surface area contributed by atoms with Crippen LogP contribution in [0.3, 0.4) is 0 Å². The second-order valence-corrected chi connectivity index (χ2v) is 6.51. The molecule has 1 aromatic rings. The van der Waals surface area contributed by atoms with Crippen LogP contribution in [0.1, 0.15) is 17.3 Å². The third-order valence-electron chi connectivity index (χ3n) is 5.23. The molecular formula is C18H17NO6. The van der Waals surface area contributed by atoms with Crippen molar-refractivity contribution < 1.29 is 29.0 Å². The number of aliphatic hydroxyl groups excluding tert-OH is 1. The molecular weight excluding hydrogens is 326 g/mol. The Morgan fingerprint density at radius 2 is 2.12 bits per heavy atom. The maximum atomic E-state index is 13.0. The molecule has 0 spiro atoms. The molecule has 4 rings (SSSR count). The van der Waals surface area contributed by atoms with E-state index in [4.69, 9.17) is 9.47 Å². The summed E-state index contributed by atoms with van der Waals surface area (Å²) in [6.07, 6.45) is 2.85. The van der Waals surface area contributed by atoms with E-state index in [1.807, 2.05) is 0 Å². The Kier molecular flexibility index (Phi) is 3.35. The number of aliphatic hydroxyl groups is 1. The van der Waals surface area contributed by atoms with Crippen molar-refractivity contribution in [1.29, 1.82) is 0 Å². The lowest BCUT2D eigenvalue weighted by molar-refractivity contribution is -0.128. The van der Waals surface area contributed by atoms with Gasteiger partial charge in [-0.05, 0) is 25.1 Å². The van der Waals surface area contributed by atoms with Crippen molar-refractivity contribution in [2.24, 2.45) is 11.8 Å². The van der Waals surface area contributed by atoms with Crippen molar-refractivity contribution in [3.63, 3.8) is 0 Å². The van der Waals surface area contributed by atoms with E-state index in [9.17, 15) is 19.5 Å². The molecule has 1 N–H and O–H groups in total. The lowest BCUT2D eigenvalue weighted by Gasteiger charge is -2.26.